The lowest BCUT2D eigenvalue weighted by Crippen LogP contribution is -2.05. The van der Waals surface area contributed by atoms with E-state index in [4.69, 9.17) is 27.9 Å². The van der Waals surface area contributed by atoms with Gasteiger partial charge in [0, 0.05) is 5.02 Å². The standard InChI is InChI=1S/C16H9Cl2NO2/c17-11-5-3-4-10(8-11)9-14-16(20)21-15(19-14)12-6-1-2-7-13(12)18/h1-9H. The number of nitrogens with zero attached hydrogens (tertiary/aromatic N) is 1. The molecule has 0 amide bonds. The van der Waals surface area contributed by atoms with E-state index >= 15 is 0 Å². The third-order valence-corrected chi connectivity index (χ3v) is 3.44. The Balaban J connectivity index is 1.98. The van der Waals surface area contributed by atoms with Crippen LogP contribution in [0.3, 0.4) is 0 Å². The normalized spacial score (nSPS) is 16.0. The summed E-state index contributed by atoms with van der Waals surface area (Å²) in [5.41, 5.74) is 1.58. The average Bonchev–Trinajstić information content (AvgIpc) is 2.80. The van der Waals surface area contributed by atoms with Gasteiger partial charge in [0.1, 0.15) is 0 Å². The molecule has 0 bridgehead atoms. The minimum atomic E-state index is -0.509. The Hall–Kier alpha value is -2.10. The van der Waals surface area contributed by atoms with Crippen LogP contribution in [0, 0.1) is 0 Å². The van der Waals surface area contributed by atoms with Gasteiger partial charge in [0.25, 0.3) is 0 Å². The Morgan fingerprint density at radius 2 is 1.86 bits per heavy atom. The van der Waals surface area contributed by atoms with Gasteiger partial charge >= 0.3 is 5.97 Å². The van der Waals surface area contributed by atoms with Crippen LogP contribution in [0.1, 0.15) is 11.1 Å². The van der Waals surface area contributed by atoms with Crippen LogP contribution in [-0.2, 0) is 9.53 Å². The molecule has 1 heterocycles. The van der Waals surface area contributed by atoms with E-state index in [1.165, 1.54) is 0 Å². The molecule has 0 spiro atoms. The summed E-state index contributed by atoms with van der Waals surface area (Å²) < 4.78 is 5.17. The number of benzene rings is 2. The van der Waals surface area contributed by atoms with Gasteiger partial charge in [-0.05, 0) is 35.9 Å². The highest BCUT2D eigenvalue weighted by molar-refractivity contribution is 6.34. The summed E-state index contributed by atoms with van der Waals surface area (Å²) in [4.78, 5) is 16.1. The zero-order valence-corrected chi connectivity index (χ0v) is 12.2. The summed E-state index contributed by atoms with van der Waals surface area (Å²) in [5.74, 6) is -0.302. The molecule has 2 aromatic rings. The van der Waals surface area contributed by atoms with Crippen LogP contribution >= 0.6 is 23.2 Å². The molecule has 0 N–H and O–H groups in total. The first-order valence-corrected chi connectivity index (χ1v) is 6.92. The van der Waals surface area contributed by atoms with Gasteiger partial charge in [-0.25, -0.2) is 9.79 Å². The van der Waals surface area contributed by atoms with Crippen molar-refractivity contribution in [2.75, 3.05) is 0 Å². The van der Waals surface area contributed by atoms with E-state index in [1.807, 2.05) is 6.07 Å². The molecule has 0 saturated carbocycles. The minimum absolute atomic E-state index is 0.207. The second-order valence-electron chi connectivity index (χ2n) is 4.37. The third-order valence-electron chi connectivity index (χ3n) is 2.88. The molecule has 1 aliphatic rings. The highest BCUT2D eigenvalue weighted by Crippen LogP contribution is 2.24. The molecule has 0 saturated heterocycles. The minimum Gasteiger partial charge on any atom is -0.402 e. The number of esters is 1. The zero-order valence-electron chi connectivity index (χ0n) is 10.7. The van der Waals surface area contributed by atoms with Crippen LogP contribution in [0.4, 0.5) is 0 Å². The average molecular weight is 318 g/mol. The fourth-order valence-corrected chi connectivity index (χ4v) is 2.33. The van der Waals surface area contributed by atoms with E-state index in [-0.39, 0.29) is 11.6 Å². The van der Waals surface area contributed by atoms with Crippen LogP contribution in [0.2, 0.25) is 10.0 Å². The molecule has 0 fully saturated rings. The Morgan fingerprint density at radius 3 is 2.62 bits per heavy atom. The lowest BCUT2D eigenvalue weighted by Gasteiger charge is -2.00. The highest BCUT2D eigenvalue weighted by Gasteiger charge is 2.25. The molecular formula is C16H9Cl2NO2. The van der Waals surface area contributed by atoms with Gasteiger partial charge in [-0.2, -0.15) is 0 Å². The fourth-order valence-electron chi connectivity index (χ4n) is 1.91. The molecule has 0 unspecified atom stereocenters. The van der Waals surface area contributed by atoms with Crippen LogP contribution in [-0.4, -0.2) is 11.9 Å². The summed E-state index contributed by atoms with van der Waals surface area (Å²) in [6.45, 7) is 0. The first-order chi connectivity index (χ1) is 10.1. The summed E-state index contributed by atoms with van der Waals surface area (Å²) in [6, 6.07) is 14.2. The molecule has 3 rings (SSSR count). The van der Waals surface area contributed by atoms with Crippen LogP contribution in [0.15, 0.2) is 59.2 Å². The molecule has 0 aliphatic carbocycles. The number of hydrogen-bond donors (Lipinski definition) is 0. The predicted octanol–water partition coefficient (Wildman–Crippen LogP) is 4.34. The molecule has 21 heavy (non-hydrogen) atoms. The molecule has 5 heteroatoms. The highest BCUT2D eigenvalue weighted by atomic mass is 35.5. The molecule has 104 valence electrons. The van der Waals surface area contributed by atoms with Gasteiger partial charge in [0.15, 0.2) is 5.70 Å². The van der Waals surface area contributed by atoms with Crippen molar-refractivity contribution in [3.63, 3.8) is 0 Å². The van der Waals surface area contributed by atoms with Crippen molar-refractivity contribution in [3.8, 4) is 0 Å². The Morgan fingerprint density at radius 1 is 1.05 bits per heavy atom. The van der Waals surface area contributed by atoms with Crippen molar-refractivity contribution < 1.29 is 9.53 Å². The maximum absolute atomic E-state index is 11.9. The van der Waals surface area contributed by atoms with E-state index in [2.05, 4.69) is 4.99 Å². The number of cyclic esters (lactones) is 1. The van der Waals surface area contributed by atoms with E-state index < -0.39 is 5.97 Å². The molecule has 0 radical (unpaired) electrons. The SMILES string of the molecule is O=C1OC(c2ccccc2Cl)=NC1=Cc1cccc(Cl)c1. The smallest absolute Gasteiger partial charge is 0.363 e. The number of aliphatic imine (C=N–C) groups is 1. The maximum atomic E-state index is 11.9. The molecule has 3 nitrogen and oxygen atoms in total. The molecule has 0 atom stereocenters. The van der Waals surface area contributed by atoms with Gasteiger partial charge in [-0.3, -0.25) is 0 Å². The number of ether oxygens (including phenoxy) is 1. The number of hydrogen-bond acceptors (Lipinski definition) is 3. The zero-order chi connectivity index (χ0) is 14.8. The number of carbonyl (C=O) groups excluding carboxylic acids is 1. The topological polar surface area (TPSA) is 38.7 Å². The molecule has 2 aromatic carbocycles. The number of carbonyl (C=O) groups is 1. The van der Waals surface area contributed by atoms with Crippen molar-refractivity contribution in [1.82, 2.24) is 0 Å². The van der Waals surface area contributed by atoms with E-state index in [0.717, 1.165) is 5.56 Å². The van der Waals surface area contributed by atoms with Crippen molar-refractivity contribution in [3.05, 3.63) is 75.4 Å². The van der Waals surface area contributed by atoms with Gasteiger partial charge in [0.2, 0.25) is 5.90 Å². The van der Waals surface area contributed by atoms with Gasteiger partial charge < -0.3 is 4.74 Å². The summed E-state index contributed by atoms with van der Waals surface area (Å²) in [7, 11) is 0. The largest absolute Gasteiger partial charge is 0.402 e. The van der Waals surface area contributed by atoms with Crippen molar-refractivity contribution in [2.45, 2.75) is 0 Å². The van der Waals surface area contributed by atoms with Gasteiger partial charge in [-0.1, -0.05) is 47.5 Å². The van der Waals surface area contributed by atoms with E-state index in [0.29, 0.717) is 15.6 Å². The third kappa shape index (κ3) is 2.99. The van der Waals surface area contributed by atoms with Crippen molar-refractivity contribution in [2.24, 2.45) is 4.99 Å². The lowest BCUT2D eigenvalue weighted by molar-refractivity contribution is -0.129. The Kier molecular flexibility index (Phi) is 3.78. The second-order valence-corrected chi connectivity index (χ2v) is 5.21. The van der Waals surface area contributed by atoms with Gasteiger partial charge in [-0.15, -0.1) is 0 Å². The van der Waals surface area contributed by atoms with Crippen molar-refractivity contribution >= 4 is 41.1 Å². The molecule has 1 aliphatic heterocycles. The monoisotopic (exact) mass is 317 g/mol. The van der Waals surface area contributed by atoms with E-state index in [1.54, 1.807) is 48.5 Å². The quantitative estimate of drug-likeness (QED) is 0.610. The first-order valence-electron chi connectivity index (χ1n) is 6.16. The summed E-state index contributed by atoms with van der Waals surface area (Å²) >= 11 is 12.0. The van der Waals surface area contributed by atoms with E-state index in [9.17, 15) is 4.79 Å². The summed E-state index contributed by atoms with van der Waals surface area (Å²) in [5, 5.41) is 1.07. The number of halogens is 2. The molecule has 0 aromatic heterocycles. The van der Waals surface area contributed by atoms with Crippen molar-refractivity contribution in [1.29, 1.82) is 0 Å². The fraction of sp³-hybridized carbons (Fsp3) is 0. The first kappa shape index (κ1) is 13.9. The predicted molar refractivity (Wildman–Crippen MR) is 83.5 cm³/mol. The second kappa shape index (κ2) is 5.72. The summed E-state index contributed by atoms with van der Waals surface area (Å²) in [6.07, 6.45) is 1.62. The van der Waals surface area contributed by atoms with Crippen LogP contribution in [0.25, 0.3) is 6.08 Å². The van der Waals surface area contributed by atoms with Crippen LogP contribution < -0.4 is 0 Å². The number of rotatable bonds is 2. The maximum Gasteiger partial charge on any atom is 0.363 e. The molecular weight excluding hydrogens is 309 g/mol. The Labute approximate surface area is 131 Å². The van der Waals surface area contributed by atoms with Gasteiger partial charge in [0.05, 0.1) is 10.6 Å². The van der Waals surface area contributed by atoms with Crippen LogP contribution in [0.5, 0.6) is 0 Å². The Bertz CT molecular complexity index is 781. The lowest BCUT2D eigenvalue weighted by atomic mass is 10.2.